The lowest BCUT2D eigenvalue weighted by Crippen LogP contribution is -2.63. The molecule has 7 heteroatoms. The van der Waals surface area contributed by atoms with E-state index in [1.165, 1.54) is 0 Å². The van der Waals surface area contributed by atoms with Crippen LogP contribution >= 0.6 is 0 Å². The second-order valence-corrected chi connectivity index (χ2v) is 8.52. The average molecular weight is 320 g/mol. The SMILES string of the molecule is CC(C)(C)OC(=O)N1CC2(CC(c3nc(C4(O)CC4)n[nH]3)C2)C1. The van der Waals surface area contributed by atoms with Crippen LogP contribution < -0.4 is 0 Å². The Hall–Kier alpha value is -1.63. The van der Waals surface area contributed by atoms with E-state index in [0.717, 1.165) is 44.6 Å². The van der Waals surface area contributed by atoms with Crippen LogP contribution in [-0.2, 0) is 10.3 Å². The zero-order chi connectivity index (χ0) is 16.5. The summed E-state index contributed by atoms with van der Waals surface area (Å²) >= 11 is 0. The van der Waals surface area contributed by atoms with Crippen molar-refractivity contribution >= 4 is 6.09 Å². The first-order valence-electron chi connectivity index (χ1n) is 8.31. The van der Waals surface area contributed by atoms with Crippen LogP contribution in [0.5, 0.6) is 0 Å². The van der Waals surface area contributed by atoms with Gasteiger partial charge >= 0.3 is 6.09 Å². The summed E-state index contributed by atoms with van der Waals surface area (Å²) in [6, 6.07) is 0. The zero-order valence-electron chi connectivity index (χ0n) is 13.9. The van der Waals surface area contributed by atoms with Crippen molar-refractivity contribution in [2.75, 3.05) is 13.1 Å². The summed E-state index contributed by atoms with van der Waals surface area (Å²) in [6.07, 6.45) is 3.32. The second-order valence-electron chi connectivity index (χ2n) is 8.52. The predicted molar refractivity (Wildman–Crippen MR) is 81.7 cm³/mol. The summed E-state index contributed by atoms with van der Waals surface area (Å²) in [5.41, 5.74) is -0.994. The third-order valence-corrected chi connectivity index (χ3v) is 5.09. The number of hydrogen-bond donors (Lipinski definition) is 2. The van der Waals surface area contributed by atoms with Gasteiger partial charge in [-0.15, -0.1) is 0 Å². The molecule has 126 valence electrons. The van der Waals surface area contributed by atoms with E-state index in [1.807, 2.05) is 20.8 Å². The van der Waals surface area contributed by atoms with E-state index in [2.05, 4.69) is 15.2 Å². The third kappa shape index (κ3) is 2.60. The number of aromatic nitrogens is 3. The molecular weight excluding hydrogens is 296 g/mol. The number of likely N-dealkylation sites (tertiary alicyclic amines) is 1. The summed E-state index contributed by atoms with van der Waals surface area (Å²) in [5, 5.41) is 17.2. The Morgan fingerprint density at radius 1 is 1.35 bits per heavy atom. The van der Waals surface area contributed by atoms with Crippen LogP contribution in [0.2, 0.25) is 0 Å². The lowest BCUT2D eigenvalue weighted by Gasteiger charge is -2.58. The number of hydrogen-bond acceptors (Lipinski definition) is 5. The Bertz CT molecular complexity index is 630. The van der Waals surface area contributed by atoms with Crippen LogP contribution in [0.25, 0.3) is 0 Å². The van der Waals surface area contributed by atoms with Gasteiger partial charge in [-0.3, -0.25) is 5.10 Å². The number of ether oxygens (including phenoxy) is 1. The standard InChI is InChI=1S/C16H24N4O3/c1-14(2,3)23-13(21)20-8-15(9-20)6-10(7-15)11-17-12(19-18-11)16(22)4-5-16/h10,22H,4-9H2,1-3H3,(H,17,18,19). The van der Waals surface area contributed by atoms with Crippen molar-refractivity contribution in [1.82, 2.24) is 20.1 Å². The van der Waals surface area contributed by atoms with Crippen LogP contribution in [-0.4, -0.2) is 50.0 Å². The lowest BCUT2D eigenvalue weighted by atomic mass is 9.57. The molecule has 1 amide bonds. The fraction of sp³-hybridized carbons (Fsp3) is 0.812. The normalized spacial score (nSPS) is 25.0. The highest BCUT2D eigenvalue weighted by Crippen LogP contribution is 2.56. The lowest BCUT2D eigenvalue weighted by molar-refractivity contribution is -0.0797. The molecule has 0 aromatic carbocycles. The number of aliphatic hydroxyl groups is 1. The third-order valence-electron chi connectivity index (χ3n) is 5.09. The van der Waals surface area contributed by atoms with Crippen molar-refractivity contribution in [2.24, 2.45) is 5.41 Å². The second kappa shape index (κ2) is 4.47. The number of carbonyl (C=O) groups excluding carboxylic acids is 1. The largest absolute Gasteiger partial charge is 0.444 e. The summed E-state index contributed by atoms with van der Waals surface area (Å²) in [4.78, 5) is 18.2. The highest BCUT2D eigenvalue weighted by atomic mass is 16.6. The molecule has 2 N–H and O–H groups in total. The van der Waals surface area contributed by atoms with Gasteiger partial charge in [0, 0.05) is 24.4 Å². The van der Waals surface area contributed by atoms with Gasteiger partial charge < -0.3 is 14.7 Å². The molecule has 4 rings (SSSR count). The number of rotatable bonds is 2. The molecule has 23 heavy (non-hydrogen) atoms. The van der Waals surface area contributed by atoms with Crippen molar-refractivity contribution in [2.45, 2.75) is 63.6 Å². The number of aromatic amines is 1. The molecule has 1 aliphatic heterocycles. The molecule has 0 radical (unpaired) electrons. The first-order valence-corrected chi connectivity index (χ1v) is 8.31. The number of carbonyl (C=O) groups is 1. The minimum atomic E-state index is -0.778. The van der Waals surface area contributed by atoms with Gasteiger partial charge in [0.2, 0.25) is 0 Å². The van der Waals surface area contributed by atoms with Gasteiger partial charge in [-0.25, -0.2) is 9.78 Å². The van der Waals surface area contributed by atoms with E-state index in [-0.39, 0.29) is 11.5 Å². The van der Waals surface area contributed by atoms with E-state index in [1.54, 1.807) is 4.90 Å². The van der Waals surface area contributed by atoms with Gasteiger partial charge in [-0.05, 0) is 46.5 Å². The summed E-state index contributed by atoms with van der Waals surface area (Å²) < 4.78 is 5.39. The van der Waals surface area contributed by atoms with Gasteiger partial charge in [0.1, 0.15) is 17.0 Å². The van der Waals surface area contributed by atoms with E-state index in [9.17, 15) is 9.90 Å². The number of H-pyrrole nitrogens is 1. The Labute approximate surface area is 135 Å². The highest BCUT2D eigenvalue weighted by Gasteiger charge is 2.56. The molecule has 0 atom stereocenters. The fourth-order valence-electron chi connectivity index (χ4n) is 3.66. The van der Waals surface area contributed by atoms with Crippen molar-refractivity contribution in [1.29, 1.82) is 0 Å². The molecule has 3 aliphatic rings. The summed E-state index contributed by atoms with van der Waals surface area (Å²) in [5.74, 6) is 1.78. The molecule has 1 spiro atoms. The molecular formula is C16H24N4O3. The molecule has 2 aliphatic carbocycles. The molecule has 2 saturated carbocycles. The summed E-state index contributed by atoms with van der Waals surface area (Å²) in [7, 11) is 0. The molecule has 1 aromatic rings. The summed E-state index contributed by atoms with van der Waals surface area (Å²) in [6.45, 7) is 7.19. The van der Waals surface area contributed by atoms with Gasteiger partial charge in [-0.1, -0.05) is 0 Å². The highest BCUT2D eigenvalue weighted by molar-refractivity contribution is 5.69. The fourth-order valence-corrected chi connectivity index (χ4v) is 3.66. The molecule has 0 unspecified atom stereocenters. The Morgan fingerprint density at radius 2 is 2.00 bits per heavy atom. The van der Waals surface area contributed by atoms with Crippen LogP contribution in [0.15, 0.2) is 0 Å². The minimum Gasteiger partial charge on any atom is -0.444 e. The van der Waals surface area contributed by atoms with Gasteiger partial charge in [0.25, 0.3) is 0 Å². The van der Waals surface area contributed by atoms with E-state index >= 15 is 0 Å². The Morgan fingerprint density at radius 3 is 2.57 bits per heavy atom. The van der Waals surface area contributed by atoms with Crippen LogP contribution in [0, 0.1) is 5.41 Å². The van der Waals surface area contributed by atoms with Gasteiger partial charge in [0.15, 0.2) is 5.82 Å². The van der Waals surface area contributed by atoms with Gasteiger partial charge in [-0.2, -0.15) is 5.10 Å². The van der Waals surface area contributed by atoms with Crippen molar-refractivity contribution in [3.8, 4) is 0 Å². The van der Waals surface area contributed by atoms with Crippen molar-refractivity contribution < 1.29 is 14.6 Å². The molecule has 1 aromatic heterocycles. The Balaban J connectivity index is 1.29. The number of nitrogens with zero attached hydrogens (tertiary/aromatic N) is 3. The first-order chi connectivity index (χ1) is 10.7. The molecule has 7 nitrogen and oxygen atoms in total. The maximum absolute atomic E-state index is 12.0. The molecule has 1 saturated heterocycles. The maximum Gasteiger partial charge on any atom is 0.410 e. The minimum absolute atomic E-state index is 0.218. The number of amides is 1. The topological polar surface area (TPSA) is 91.3 Å². The number of nitrogens with one attached hydrogen (secondary N) is 1. The van der Waals surface area contributed by atoms with E-state index < -0.39 is 11.2 Å². The van der Waals surface area contributed by atoms with Crippen molar-refractivity contribution in [3.63, 3.8) is 0 Å². The van der Waals surface area contributed by atoms with Gasteiger partial charge in [0.05, 0.1) is 0 Å². The zero-order valence-corrected chi connectivity index (χ0v) is 13.9. The molecule has 3 fully saturated rings. The molecule has 0 bridgehead atoms. The Kier molecular flexibility index (Phi) is 2.90. The van der Waals surface area contributed by atoms with Crippen LogP contribution in [0.3, 0.4) is 0 Å². The van der Waals surface area contributed by atoms with Crippen molar-refractivity contribution in [3.05, 3.63) is 11.6 Å². The average Bonchev–Trinajstić information content (AvgIpc) is 2.90. The van der Waals surface area contributed by atoms with E-state index in [4.69, 9.17) is 4.74 Å². The van der Waals surface area contributed by atoms with E-state index in [0.29, 0.717) is 11.7 Å². The smallest absolute Gasteiger partial charge is 0.410 e. The monoisotopic (exact) mass is 320 g/mol. The quantitative estimate of drug-likeness (QED) is 0.868. The predicted octanol–water partition coefficient (Wildman–Crippen LogP) is 1.90. The molecule has 2 heterocycles. The van der Waals surface area contributed by atoms with Crippen LogP contribution in [0.1, 0.15) is 64.0 Å². The first kappa shape index (κ1) is 14.9. The van der Waals surface area contributed by atoms with Crippen LogP contribution in [0.4, 0.5) is 4.79 Å². The maximum atomic E-state index is 12.0.